The van der Waals surface area contributed by atoms with Crippen LogP contribution in [0.1, 0.15) is 17.4 Å². The summed E-state index contributed by atoms with van der Waals surface area (Å²) < 4.78 is 8.76. The van der Waals surface area contributed by atoms with Crippen molar-refractivity contribution in [1.82, 2.24) is 4.57 Å². The maximum atomic E-state index is 6.49. The van der Waals surface area contributed by atoms with E-state index in [1.165, 1.54) is 32.7 Å². The molecule has 1 N–H and O–H groups in total. The van der Waals surface area contributed by atoms with Crippen LogP contribution in [0.5, 0.6) is 0 Å². The first-order valence-electron chi connectivity index (χ1n) is 14.3. The van der Waals surface area contributed by atoms with Crippen molar-refractivity contribution in [2.24, 2.45) is 4.99 Å². The molecule has 0 saturated carbocycles. The predicted octanol–water partition coefficient (Wildman–Crippen LogP) is 9.78. The van der Waals surface area contributed by atoms with Crippen molar-refractivity contribution in [2.75, 3.05) is 5.32 Å². The van der Waals surface area contributed by atoms with Gasteiger partial charge in [0.2, 0.25) is 5.96 Å². The fourth-order valence-corrected chi connectivity index (χ4v) is 6.42. The third kappa shape index (κ3) is 3.45. The Morgan fingerprint density at radius 2 is 1.24 bits per heavy atom. The Hall–Kier alpha value is -5.61. The minimum Gasteiger partial charge on any atom is -0.456 e. The van der Waals surface area contributed by atoms with Crippen LogP contribution in [0.15, 0.2) is 149 Å². The third-order valence-electron chi connectivity index (χ3n) is 8.44. The SMILES string of the molecule is c1ccc(-c2ccc(C3N=C(n4c5ccccc5c5cc6ccccc6cc54)Nc4c3oc3ccccc43)cc2)cc1. The predicted molar refractivity (Wildman–Crippen MR) is 173 cm³/mol. The normalized spacial score (nSPS) is 14.8. The number of aromatic nitrogens is 1. The Morgan fingerprint density at radius 3 is 2.07 bits per heavy atom. The summed E-state index contributed by atoms with van der Waals surface area (Å²) in [5.74, 6) is 1.62. The molecule has 42 heavy (non-hydrogen) atoms. The standard InChI is InChI=1S/C38H25N3O/c1-2-10-24(11-3-1)25-18-20-26(21-19-25)35-37-36(30-15-7-9-17-34(30)42-37)40-38(39-35)41-32-16-8-6-14-29(32)31-22-27-12-4-5-13-28(27)23-33(31)41/h1-23,35H,(H,39,40). The quantitative estimate of drug-likeness (QED) is 0.238. The van der Waals surface area contributed by atoms with Gasteiger partial charge in [0.05, 0.1) is 16.7 Å². The third-order valence-corrected chi connectivity index (χ3v) is 8.44. The molecular formula is C38H25N3O. The Morgan fingerprint density at radius 1 is 0.571 bits per heavy atom. The topological polar surface area (TPSA) is 42.5 Å². The number of fused-ring (bicyclic) bond motifs is 7. The minimum atomic E-state index is -0.301. The number of furan rings is 1. The Labute approximate surface area is 242 Å². The van der Waals surface area contributed by atoms with Gasteiger partial charge in [-0.15, -0.1) is 0 Å². The molecule has 1 aliphatic heterocycles. The lowest BCUT2D eigenvalue weighted by Crippen LogP contribution is -2.27. The molecule has 1 atom stereocenters. The van der Waals surface area contributed by atoms with Crippen LogP contribution in [0, 0.1) is 0 Å². The highest BCUT2D eigenvalue weighted by Crippen LogP contribution is 2.43. The molecule has 6 aromatic carbocycles. The van der Waals surface area contributed by atoms with Gasteiger partial charge in [0.15, 0.2) is 5.76 Å². The zero-order valence-corrected chi connectivity index (χ0v) is 22.7. The van der Waals surface area contributed by atoms with Gasteiger partial charge in [-0.25, -0.2) is 4.99 Å². The van der Waals surface area contributed by atoms with Gasteiger partial charge in [0, 0.05) is 16.2 Å². The number of anilines is 1. The molecule has 1 unspecified atom stereocenters. The van der Waals surface area contributed by atoms with Crippen LogP contribution in [0.2, 0.25) is 0 Å². The van der Waals surface area contributed by atoms with Gasteiger partial charge in [0.25, 0.3) is 0 Å². The first kappa shape index (κ1) is 23.1. The monoisotopic (exact) mass is 539 g/mol. The van der Waals surface area contributed by atoms with E-state index in [1.807, 2.05) is 18.2 Å². The van der Waals surface area contributed by atoms with E-state index >= 15 is 0 Å². The van der Waals surface area contributed by atoms with E-state index in [1.54, 1.807) is 0 Å². The largest absolute Gasteiger partial charge is 0.456 e. The highest BCUT2D eigenvalue weighted by molar-refractivity contribution is 6.20. The molecule has 8 aromatic rings. The summed E-state index contributed by atoms with van der Waals surface area (Å²) in [4.78, 5) is 5.39. The second-order valence-corrected chi connectivity index (χ2v) is 10.9. The van der Waals surface area contributed by atoms with E-state index in [2.05, 4.69) is 131 Å². The first-order valence-corrected chi connectivity index (χ1v) is 14.3. The smallest absolute Gasteiger partial charge is 0.208 e. The minimum absolute atomic E-state index is 0.301. The number of aliphatic imine (C=N–C) groups is 1. The van der Waals surface area contributed by atoms with Crippen LogP contribution in [-0.4, -0.2) is 10.5 Å². The van der Waals surface area contributed by atoms with Crippen molar-refractivity contribution < 1.29 is 4.42 Å². The molecule has 4 nitrogen and oxygen atoms in total. The summed E-state index contributed by atoms with van der Waals surface area (Å²) in [6.45, 7) is 0. The average Bonchev–Trinajstić information content (AvgIpc) is 3.59. The summed E-state index contributed by atoms with van der Waals surface area (Å²) in [6, 6.07) is 48.8. The number of nitrogens with zero attached hydrogens (tertiary/aromatic N) is 2. The van der Waals surface area contributed by atoms with Crippen LogP contribution in [0.3, 0.4) is 0 Å². The first-order chi connectivity index (χ1) is 20.8. The van der Waals surface area contributed by atoms with Crippen molar-refractivity contribution in [3.63, 3.8) is 0 Å². The van der Waals surface area contributed by atoms with Gasteiger partial charge < -0.3 is 9.73 Å². The van der Waals surface area contributed by atoms with Crippen molar-refractivity contribution in [1.29, 1.82) is 0 Å². The molecule has 0 radical (unpaired) electrons. The lowest BCUT2D eigenvalue weighted by atomic mass is 9.98. The van der Waals surface area contributed by atoms with Crippen LogP contribution < -0.4 is 5.32 Å². The van der Waals surface area contributed by atoms with Gasteiger partial charge in [-0.05, 0) is 57.8 Å². The summed E-state index contributed by atoms with van der Waals surface area (Å²) >= 11 is 0. The van der Waals surface area contributed by atoms with Crippen LogP contribution >= 0.6 is 0 Å². The van der Waals surface area contributed by atoms with Crippen molar-refractivity contribution >= 4 is 55.2 Å². The fraction of sp³-hybridized carbons (Fsp3) is 0.0263. The van der Waals surface area contributed by atoms with Gasteiger partial charge in [-0.2, -0.15) is 0 Å². The van der Waals surface area contributed by atoms with Crippen molar-refractivity contribution in [3.05, 3.63) is 151 Å². The summed E-state index contributed by atoms with van der Waals surface area (Å²) in [6.07, 6.45) is 0. The molecule has 2 aromatic heterocycles. The molecule has 0 amide bonds. The summed E-state index contributed by atoms with van der Waals surface area (Å²) in [7, 11) is 0. The highest BCUT2D eigenvalue weighted by atomic mass is 16.3. The van der Waals surface area contributed by atoms with E-state index in [0.29, 0.717) is 0 Å². The maximum absolute atomic E-state index is 6.49. The molecule has 0 bridgehead atoms. The number of para-hydroxylation sites is 2. The number of nitrogens with one attached hydrogen (secondary N) is 1. The van der Waals surface area contributed by atoms with E-state index in [4.69, 9.17) is 9.41 Å². The van der Waals surface area contributed by atoms with Gasteiger partial charge in [-0.1, -0.05) is 109 Å². The van der Waals surface area contributed by atoms with Crippen LogP contribution in [0.25, 0.3) is 54.7 Å². The van der Waals surface area contributed by atoms with Crippen LogP contribution in [0.4, 0.5) is 5.69 Å². The lowest BCUT2D eigenvalue weighted by Gasteiger charge is -2.23. The van der Waals surface area contributed by atoms with Crippen LogP contribution in [-0.2, 0) is 0 Å². The number of hydrogen-bond donors (Lipinski definition) is 1. The zero-order valence-electron chi connectivity index (χ0n) is 22.7. The summed E-state index contributed by atoms with van der Waals surface area (Å²) in [5, 5.41) is 9.61. The van der Waals surface area contributed by atoms with E-state index in [-0.39, 0.29) is 6.04 Å². The highest BCUT2D eigenvalue weighted by Gasteiger charge is 2.31. The maximum Gasteiger partial charge on any atom is 0.208 e. The van der Waals surface area contributed by atoms with Crippen molar-refractivity contribution in [2.45, 2.75) is 6.04 Å². The Kier molecular flexibility index (Phi) is 4.93. The van der Waals surface area contributed by atoms with Gasteiger partial charge in [0.1, 0.15) is 11.6 Å². The Balaban J connectivity index is 1.28. The molecule has 1 aliphatic rings. The van der Waals surface area contributed by atoms with E-state index < -0.39 is 0 Å². The molecule has 9 rings (SSSR count). The molecule has 4 heteroatoms. The lowest BCUT2D eigenvalue weighted by molar-refractivity contribution is 0.525. The second kappa shape index (κ2) is 8.95. The molecule has 0 fully saturated rings. The second-order valence-electron chi connectivity index (χ2n) is 10.9. The molecule has 0 saturated heterocycles. The molecular weight excluding hydrogens is 514 g/mol. The molecule has 3 heterocycles. The number of rotatable bonds is 2. The van der Waals surface area contributed by atoms with Crippen molar-refractivity contribution in [3.8, 4) is 11.1 Å². The molecule has 0 spiro atoms. The fourth-order valence-electron chi connectivity index (χ4n) is 6.42. The van der Waals surface area contributed by atoms with E-state index in [9.17, 15) is 0 Å². The summed E-state index contributed by atoms with van der Waals surface area (Å²) in [5.41, 5.74) is 7.52. The van der Waals surface area contributed by atoms with E-state index in [0.717, 1.165) is 45.0 Å². The van der Waals surface area contributed by atoms with Gasteiger partial charge >= 0.3 is 0 Å². The Bertz CT molecular complexity index is 2320. The molecule has 198 valence electrons. The zero-order chi connectivity index (χ0) is 27.6. The average molecular weight is 540 g/mol. The van der Waals surface area contributed by atoms with Gasteiger partial charge in [-0.3, -0.25) is 4.57 Å². The number of benzene rings is 6. The molecule has 0 aliphatic carbocycles. The number of hydrogen-bond acceptors (Lipinski definition) is 3.